The molecular weight excluding hydrogens is 356 g/mol. The molecular formula is C19H23ClN2O4. The van der Waals surface area contributed by atoms with Crippen molar-refractivity contribution in [2.45, 2.75) is 31.8 Å². The van der Waals surface area contributed by atoms with Gasteiger partial charge in [0.05, 0.1) is 25.2 Å². The van der Waals surface area contributed by atoms with E-state index in [4.69, 9.17) is 9.47 Å². The highest BCUT2D eigenvalue weighted by atomic mass is 35.5. The van der Waals surface area contributed by atoms with Crippen LogP contribution in [0.25, 0.3) is 0 Å². The Morgan fingerprint density at radius 1 is 1.12 bits per heavy atom. The molecule has 0 aromatic heterocycles. The summed E-state index contributed by atoms with van der Waals surface area (Å²) in [6, 6.07) is 10.6. The fourth-order valence-corrected chi connectivity index (χ4v) is 3.41. The van der Waals surface area contributed by atoms with E-state index in [9.17, 15) is 10.1 Å². The van der Waals surface area contributed by atoms with Crippen molar-refractivity contribution in [2.75, 3.05) is 14.2 Å². The van der Waals surface area contributed by atoms with Crippen LogP contribution in [0.2, 0.25) is 0 Å². The Bertz CT molecular complexity index is 806. The molecule has 0 bridgehead atoms. The molecule has 0 saturated heterocycles. The summed E-state index contributed by atoms with van der Waals surface area (Å²) in [6.07, 6.45) is 0.853. The highest BCUT2D eigenvalue weighted by Gasteiger charge is 2.33. The largest absolute Gasteiger partial charge is 0.493 e. The van der Waals surface area contributed by atoms with E-state index in [1.807, 2.05) is 12.1 Å². The smallest absolute Gasteiger partial charge is 0.269 e. The lowest BCUT2D eigenvalue weighted by molar-refractivity contribution is -0.384. The third-order valence-corrected chi connectivity index (χ3v) is 4.56. The third kappa shape index (κ3) is 3.76. The van der Waals surface area contributed by atoms with Crippen LogP contribution in [0.1, 0.15) is 36.6 Å². The topological polar surface area (TPSA) is 73.6 Å². The van der Waals surface area contributed by atoms with Crippen molar-refractivity contribution in [3.63, 3.8) is 0 Å². The second kappa shape index (κ2) is 7.51. The molecule has 1 unspecified atom stereocenters. The molecule has 0 saturated carbocycles. The molecule has 140 valence electrons. The van der Waals surface area contributed by atoms with Crippen LogP contribution >= 0.6 is 12.4 Å². The number of rotatable bonds is 4. The van der Waals surface area contributed by atoms with E-state index in [-0.39, 0.29) is 34.6 Å². The molecule has 2 aromatic rings. The van der Waals surface area contributed by atoms with Crippen LogP contribution in [-0.4, -0.2) is 24.7 Å². The summed E-state index contributed by atoms with van der Waals surface area (Å²) in [6.45, 7) is 4.29. The minimum Gasteiger partial charge on any atom is -0.493 e. The number of benzene rings is 2. The maximum atomic E-state index is 10.9. The van der Waals surface area contributed by atoms with Crippen LogP contribution in [-0.2, 0) is 6.42 Å². The van der Waals surface area contributed by atoms with Gasteiger partial charge in [-0.2, -0.15) is 0 Å². The number of nitro benzene ring substituents is 1. The van der Waals surface area contributed by atoms with Gasteiger partial charge in [0, 0.05) is 17.7 Å². The maximum absolute atomic E-state index is 10.9. The Morgan fingerprint density at radius 3 is 2.23 bits per heavy atom. The van der Waals surface area contributed by atoms with Crippen molar-refractivity contribution in [3.05, 3.63) is 63.2 Å². The van der Waals surface area contributed by atoms with Crippen LogP contribution in [0, 0.1) is 10.1 Å². The number of fused-ring (bicyclic) bond motifs is 1. The number of non-ortho nitro benzene ring substituents is 1. The van der Waals surface area contributed by atoms with Gasteiger partial charge in [-0.15, -0.1) is 12.4 Å². The fraction of sp³-hybridized carbons (Fsp3) is 0.368. The predicted molar refractivity (Wildman–Crippen MR) is 103 cm³/mol. The average molecular weight is 379 g/mol. The lowest BCUT2D eigenvalue weighted by Crippen LogP contribution is -2.47. The van der Waals surface area contributed by atoms with Gasteiger partial charge in [0.15, 0.2) is 11.5 Å². The van der Waals surface area contributed by atoms with E-state index >= 15 is 0 Å². The van der Waals surface area contributed by atoms with Crippen LogP contribution in [0.5, 0.6) is 11.5 Å². The zero-order chi connectivity index (χ0) is 18.2. The standard InChI is InChI=1S/C19H22N2O4.ClH/c1-19(2)11-13-9-16(24-3)17(25-4)10-15(13)18(20-19)12-5-7-14(8-6-12)21(22)23;/h5-10,18,20H,11H2,1-4H3;1H. The van der Waals surface area contributed by atoms with Gasteiger partial charge in [0.2, 0.25) is 0 Å². The Labute approximate surface area is 159 Å². The van der Waals surface area contributed by atoms with Crippen molar-refractivity contribution in [3.8, 4) is 11.5 Å². The molecule has 3 rings (SSSR count). The summed E-state index contributed by atoms with van der Waals surface area (Å²) < 4.78 is 10.9. The molecule has 1 aliphatic heterocycles. The summed E-state index contributed by atoms with van der Waals surface area (Å²) in [5.74, 6) is 1.39. The summed E-state index contributed by atoms with van der Waals surface area (Å²) >= 11 is 0. The minimum atomic E-state index is -0.385. The average Bonchev–Trinajstić information content (AvgIpc) is 2.59. The second-order valence-electron chi connectivity index (χ2n) is 6.89. The molecule has 0 aliphatic carbocycles. The Hall–Kier alpha value is -2.31. The van der Waals surface area contributed by atoms with E-state index in [2.05, 4.69) is 19.2 Å². The van der Waals surface area contributed by atoms with Gasteiger partial charge in [-0.1, -0.05) is 12.1 Å². The molecule has 2 aromatic carbocycles. The van der Waals surface area contributed by atoms with Gasteiger partial charge in [0.1, 0.15) is 0 Å². The number of nitro groups is 1. The number of hydrogen-bond donors (Lipinski definition) is 1. The number of methoxy groups -OCH3 is 2. The normalized spacial score (nSPS) is 17.6. The van der Waals surface area contributed by atoms with E-state index < -0.39 is 0 Å². The van der Waals surface area contributed by atoms with E-state index in [1.54, 1.807) is 38.5 Å². The maximum Gasteiger partial charge on any atom is 0.269 e. The van der Waals surface area contributed by atoms with Crippen LogP contribution in [0.4, 0.5) is 5.69 Å². The molecule has 1 atom stereocenters. The van der Waals surface area contributed by atoms with Gasteiger partial charge in [-0.05, 0) is 49.1 Å². The molecule has 26 heavy (non-hydrogen) atoms. The van der Waals surface area contributed by atoms with Gasteiger partial charge in [-0.25, -0.2) is 0 Å². The highest BCUT2D eigenvalue weighted by molar-refractivity contribution is 5.85. The molecule has 7 heteroatoms. The first kappa shape index (κ1) is 20.0. The van der Waals surface area contributed by atoms with E-state index in [0.29, 0.717) is 11.5 Å². The summed E-state index contributed by atoms with van der Waals surface area (Å²) in [5.41, 5.74) is 3.24. The second-order valence-corrected chi connectivity index (χ2v) is 6.89. The van der Waals surface area contributed by atoms with E-state index in [1.165, 1.54) is 5.56 Å². The minimum absolute atomic E-state index is 0. The van der Waals surface area contributed by atoms with Crippen molar-refractivity contribution in [1.82, 2.24) is 5.32 Å². The zero-order valence-electron chi connectivity index (χ0n) is 15.2. The van der Waals surface area contributed by atoms with Gasteiger partial charge < -0.3 is 14.8 Å². The Kier molecular flexibility index (Phi) is 5.78. The molecule has 1 aliphatic rings. The van der Waals surface area contributed by atoms with Crippen molar-refractivity contribution >= 4 is 18.1 Å². The van der Waals surface area contributed by atoms with Gasteiger partial charge in [-0.3, -0.25) is 10.1 Å². The molecule has 0 radical (unpaired) electrons. The van der Waals surface area contributed by atoms with Gasteiger partial charge in [0.25, 0.3) is 5.69 Å². The summed E-state index contributed by atoms with van der Waals surface area (Å²) in [7, 11) is 3.25. The fourth-order valence-electron chi connectivity index (χ4n) is 3.41. The predicted octanol–water partition coefficient (Wildman–Crippen LogP) is 4.05. The molecule has 0 spiro atoms. The summed E-state index contributed by atoms with van der Waals surface area (Å²) in [5, 5.41) is 14.5. The lowest BCUT2D eigenvalue weighted by atomic mass is 9.81. The van der Waals surface area contributed by atoms with Crippen LogP contribution in [0.15, 0.2) is 36.4 Å². The zero-order valence-corrected chi connectivity index (χ0v) is 16.1. The van der Waals surface area contributed by atoms with Gasteiger partial charge >= 0.3 is 0 Å². The lowest BCUT2D eigenvalue weighted by Gasteiger charge is -2.39. The van der Waals surface area contributed by atoms with Crippen LogP contribution < -0.4 is 14.8 Å². The third-order valence-electron chi connectivity index (χ3n) is 4.56. The van der Waals surface area contributed by atoms with Crippen LogP contribution in [0.3, 0.4) is 0 Å². The SMILES string of the molecule is COc1cc2c(cc1OC)C(c1ccc([N+](=O)[O-])cc1)NC(C)(C)C2.Cl. The number of nitrogens with one attached hydrogen (secondary N) is 1. The first-order valence-electron chi connectivity index (χ1n) is 8.11. The van der Waals surface area contributed by atoms with Crippen molar-refractivity contribution < 1.29 is 14.4 Å². The molecule has 0 fully saturated rings. The highest BCUT2D eigenvalue weighted by Crippen LogP contribution is 2.40. The Balaban J connectivity index is 0.00000243. The number of hydrogen-bond acceptors (Lipinski definition) is 5. The van der Waals surface area contributed by atoms with Crippen molar-refractivity contribution in [2.24, 2.45) is 0 Å². The number of ether oxygens (including phenoxy) is 2. The molecule has 1 N–H and O–H groups in total. The molecule has 6 nitrogen and oxygen atoms in total. The molecule has 0 amide bonds. The number of halogens is 1. The van der Waals surface area contributed by atoms with E-state index in [0.717, 1.165) is 17.5 Å². The van der Waals surface area contributed by atoms with Crippen molar-refractivity contribution in [1.29, 1.82) is 0 Å². The first-order valence-corrected chi connectivity index (χ1v) is 8.11. The monoisotopic (exact) mass is 378 g/mol. The first-order chi connectivity index (χ1) is 11.8. The molecule has 1 heterocycles. The Morgan fingerprint density at radius 2 is 1.69 bits per heavy atom. The summed E-state index contributed by atoms with van der Waals surface area (Å²) in [4.78, 5) is 10.5. The quantitative estimate of drug-likeness (QED) is 0.641. The number of nitrogens with zero attached hydrogens (tertiary/aromatic N) is 1.